The summed E-state index contributed by atoms with van der Waals surface area (Å²) in [6.07, 6.45) is 4.99. The molecule has 0 saturated heterocycles. The number of ether oxygens (including phenoxy) is 2. The lowest BCUT2D eigenvalue weighted by Crippen LogP contribution is -2.50. The van der Waals surface area contributed by atoms with Crippen molar-refractivity contribution in [2.75, 3.05) is 12.4 Å². The molecule has 0 aliphatic heterocycles. The van der Waals surface area contributed by atoms with E-state index in [1.807, 2.05) is 0 Å². The van der Waals surface area contributed by atoms with Crippen molar-refractivity contribution in [3.63, 3.8) is 0 Å². The number of rotatable bonds is 6. The smallest absolute Gasteiger partial charge is 0.408 e. The summed E-state index contributed by atoms with van der Waals surface area (Å²) < 4.78 is 24.5. The quantitative estimate of drug-likeness (QED) is 0.511. The SMILES string of the molecule is COC(=O)Cc1ccc(NC(=O)[C@@H](NC(=O)OC(C)(C)C)C2CCCCCC2)c(F)c1. The van der Waals surface area contributed by atoms with Crippen LogP contribution >= 0.6 is 0 Å². The number of hydrogen-bond donors (Lipinski definition) is 2. The van der Waals surface area contributed by atoms with E-state index in [1.54, 1.807) is 26.8 Å². The molecule has 0 unspecified atom stereocenters. The fourth-order valence-corrected chi connectivity index (χ4v) is 3.70. The van der Waals surface area contributed by atoms with Crippen LogP contribution < -0.4 is 10.6 Å². The van der Waals surface area contributed by atoms with Gasteiger partial charge in [0.15, 0.2) is 0 Å². The second kappa shape index (κ2) is 11.1. The molecule has 2 N–H and O–H groups in total. The molecule has 2 rings (SSSR count). The highest BCUT2D eigenvalue weighted by atomic mass is 19.1. The maximum Gasteiger partial charge on any atom is 0.408 e. The van der Waals surface area contributed by atoms with E-state index in [9.17, 15) is 18.8 Å². The topological polar surface area (TPSA) is 93.7 Å². The highest BCUT2D eigenvalue weighted by Crippen LogP contribution is 2.27. The maximum absolute atomic E-state index is 14.5. The van der Waals surface area contributed by atoms with Crippen molar-refractivity contribution in [3.8, 4) is 0 Å². The van der Waals surface area contributed by atoms with E-state index >= 15 is 0 Å². The van der Waals surface area contributed by atoms with Crippen molar-refractivity contribution in [2.45, 2.75) is 77.4 Å². The average Bonchev–Trinajstić information content (AvgIpc) is 2.96. The summed E-state index contributed by atoms with van der Waals surface area (Å²) in [6.45, 7) is 5.25. The molecule has 1 fully saturated rings. The Morgan fingerprint density at radius 1 is 1.13 bits per heavy atom. The lowest BCUT2D eigenvalue weighted by Gasteiger charge is -2.28. The number of benzene rings is 1. The molecule has 0 aromatic heterocycles. The van der Waals surface area contributed by atoms with Crippen molar-refractivity contribution in [3.05, 3.63) is 29.6 Å². The van der Waals surface area contributed by atoms with E-state index in [0.29, 0.717) is 5.56 Å². The first-order valence-corrected chi connectivity index (χ1v) is 10.7. The number of esters is 1. The van der Waals surface area contributed by atoms with Crippen molar-refractivity contribution in [1.29, 1.82) is 0 Å². The summed E-state index contributed by atoms with van der Waals surface area (Å²) >= 11 is 0. The molecule has 1 aromatic carbocycles. The Labute approximate surface area is 183 Å². The van der Waals surface area contributed by atoms with Gasteiger partial charge in [0.05, 0.1) is 19.2 Å². The normalized spacial score (nSPS) is 16.0. The predicted molar refractivity (Wildman–Crippen MR) is 115 cm³/mol. The standard InChI is InChI=1S/C23H33FN2O5/c1-23(2,3)31-22(29)26-20(16-9-7-5-6-8-10-16)21(28)25-18-12-11-15(13-17(18)24)14-19(27)30-4/h11-13,16,20H,5-10,14H2,1-4H3,(H,25,28)(H,26,29)/t20-/m0/s1. The van der Waals surface area contributed by atoms with Crippen LogP contribution in [0.15, 0.2) is 18.2 Å². The lowest BCUT2D eigenvalue weighted by atomic mass is 9.91. The molecule has 0 heterocycles. The molecule has 31 heavy (non-hydrogen) atoms. The molecule has 0 bridgehead atoms. The summed E-state index contributed by atoms with van der Waals surface area (Å²) in [5.41, 5.74) is -0.270. The van der Waals surface area contributed by atoms with Crippen LogP contribution in [-0.2, 0) is 25.5 Å². The molecule has 2 amide bonds. The summed E-state index contributed by atoms with van der Waals surface area (Å²) in [5.74, 6) is -1.69. The Morgan fingerprint density at radius 3 is 2.32 bits per heavy atom. The lowest BCUT2D eigenvalue weighted by molar-refractivity contribution is -0.139. The zero-order valence-electron chi connectivity index (χ0n) is 18.8. The Hall–Kier alpha value is -2.64. The first-order valence-electron chi connectivity index (χ1n) is 10.7. The van der Waals surface area contributed by atoms with Gasteiger partial charge in [0.1, 0.15) is 17.5 Å². The number of amides is 2. The van der Waals surface area contributed by atoms with Gasteiger partial charge in [-0.25, -0.2) is 9.18 Å². The summed E-state index contributed by atoms with van der Waals surface area (Å²) in [5, 5.41) is 5.29. The molecule has 1 aromatic rings. The van der Waals surface area contributed by atoms with Gasteiger partial charge in [0, 0.05) is 0 Å². The van der Waals surface area contributed by atoms with Gasteiger partial charge >= 0.3 is 12.1 Å². The molecule has 1 aliphatic rings. The Bertz CT molecular complexity index is 783. The first-order chi connectivity index (χ1) is 14.6. The minimum Gasteiger partial charge on any atom is -0.469 e. The van der Waals surface area contributed by atoms with Crippen LogP contribution in [-0.4, -0.2) is 36.7 Å². The van der Waals surface area contributed by atoms with Crippen LogP contribution in [0.3, 0.4) is 0 Å². The molecule has 1 aliphatic carbocycles. The Kier molecular flexibility index (Phi) is 8.83. The van der Waals surface area contributed by atoms with E-state index in [1.165, 1.54) is 19.2 Å². The third kappa shape index (κ3) is 8.19. The Morgan fingerprint density at radius 2 is 1.77 bits per heavy atom. The zero-order chi connectivity index (χ0) is 23.0. The number of alkyl carbamates (subject to hydrolysis) is 1. The van der Waals surface area contributed by atoms with Crippen LogP contribution in [0.4, 0.5) is 14.9 Å². The monoisotopic (exact) mass is 436 g/mol. The maximum atomic E-state index is 14.5. The first kappa shape index (κ1) is 24.6. The summed E-state index contributed by atoms with van der Waals surface area (Å²) in [7, 11) is 1.26. The fourth-order valence-electron chi connectivity index (χ4n) is 3.70. The summed E-state index contributed by atoms with van der Waals surface area (Å²) in [4.78, 5) is 36.8. The van der Waals surface area contributed by atoms with Gasteiger partial charge in [-0.3, -0.25) is 9.59 Å². The summed E-state index contributed by atoms with van der Waals surface area (Å²) in [6, 6.07) is 3.32. The van der Waals surface area contributed by atoms with Gasteiger partial charge in [-0.15, -0.1) is 0 Å². The van der Waals surface area contributed by atoms with Crippen LogP contribution in [0.5, 0.6) is 0 Å². The average molecular weight is 437 g/mol. The van der Waals surface area contributed by atoms with Gasteiger partial charge in [-0.1, -0.05) is 31.7 Å². The van der Waals surface area contributed by atoms with Crippen molar-refractivity contribution in [2.24, 2.45) is 5.92 Å². The largest absolute Gasteiger partial charge is 0.469 e. The third-order valence-electron chi connectivity index (χ3n) is 5.19. The van der Waals surface area contributed by atoms with Crippen LogP contribution in [0.1, 0.15) is 64.9 Å². The van der Waals surface area contributed by atoms with E-state index in [2.05, 4.69) is 15.4 Å². The number of carbonyl (C=O) groups is 3. The van der Waals surface area contributed by atoms with Gasteiger partial charge in [0.2, 0.25) is 5.91 Å². The molecule has 172 valence electrons. The van der Waals surface area contributed by atoms with Crippen molar-refractivity contribution in [1.82, 2.24) is 5.32 Å². The van der Waals surface area contributed by atoms with E-state index < -0.39 is 35.4 Å². The molecule has 7 nitrogen and oxygen atoms in total. The van der Waals surface area contributed by atoms with Crippen LogP contribution in [0, 0.1) is 11.7 Å². The van der Waals surface area contributed by atoms with E-state index in [4.69, 9.17) is 4.74 Å². The number of anilines is 1. The van der Waals surface area contributed by atoms with E-state index in [0.717, 1.165) is 38.5 Å². The molecule has 8 heteroatoms. The molecule has 0 radical (unpaired) electrons. The molecule has 0 spiro atoms. The number of carbonyl (C=O) groups excluding carboxylic acids is 3. The Balaban J connectivity index is 2.16. The second-order valence-electron chi connectivity index (χ2n) is 8.93. The minimum absolute atomic E-state index is 0.0109. The molecular formula is C23H33FN2O5. The third-order valence-corrected chi connectivity index (χ3v) is 5.19. The fraction of sp³-hybridized carbons (Fsp3) is 0.609. The van der Waals surface area contributed by atoms with Crippen molar-refractivity contribution >= 4 is 23.7 Å². The van der Waals surface area contributed by atoms with Gasteiger partial charge in [-0.2, -0.15) is 0 Å². The minimum atomic E-state index is -0.831. The second-order valence-corrected chi connectivity index (χ2v) is 8.93. The molecule has 1 atom stereocenters. The zero-order valence-corrected chi connectivity index (χ0v) is 18.8. The molecular weight excluding hydrogens is 403 g/mol. The highest BCUT2D eigenvalue weighted by Gasteiger charge is 2.32. The van der Waals surface area contributed by atoms with E-state index in [-0.39, 0.29) is 18.0 Å². The molecule has 1 saturated carbocycles. The van der Waals surface area contributed by atoms with Crippen LogP contribution in [0.25, 0.3) is 0 Å². The number of nitrogens with one attached hydrogen (secondary N) is 2. The number of halogens is 1. The van der Waals surface area contributed by atoms with Crippen molar-refractivity contribution < 1.29 is 28.2 Å². The highest BCUT2D eigenvalue weighted by molar-refractivity contribution is 5.97. The number of hydrogen-bond acceptors (Lipinski definition) is 5. The van der Waals surface area contributed by atoms with Gasteiger partial charge in [-0.05, 0) is 57.2 Å². The van der Waals surface area contributed by atoms with Crippen LogP contribution in [0.2, 0.25) is 0 Å². The number of methoxy groups -OCH3 is 1. The predicted octanol–water partition coefficient (Wildman–Crippen LogP) is 4.34. The van der Waals surface area contributed by atoms with Gasteiger partial charge in [0.25, 0.3) is 0 Å². The van der Waals surface area contributed by atoms with Gasteiger partial charge < -0.3 is 20.1 Å².